The minimum atomic E-state index is -0.954. The second-order valence-corrected chi connectivity index (χ2v) is 4.63. The van der Waals surface area contributed by atoms with Crippen LogP contribution in [0.15, 0.2) is 24.3 Å². The monoisotopic (exact) mass is 280 g/mol. The van der Waals surface area contributed by atoms with Crippen LogP contribution in [0.25, 0.3) is 0 Å². The molecule has 0 aromatic heterocycles. The second-order valence-electron chi connectivity index (χ2n) is 4.63. The van der Waals surface area contributed by atoms with Crippen molar-refractivity contribution in [3.63, 3.8) is 0 Å². The molecule has 2 amide bonds. The summed E-state index contributed by atoms with van der Waals surface area (Å²) in [5, 5.41) is 20.5. The Bertz CT molecular complexity index is 459. The number of aromatic carboxylic acids is 1. The van der Waals surface area contributed by atoms with Crippen molar-refractivity contribution in [2.45, 2.75) is 19.4 Å². The van der Waals surface area contributed by atoms with E-state index in [0.29, 0.717) is 13.0 Å². The molecular formula is C14H20N2O4. The standard InChI is InChI=1S/C14H20N2O4/c1-10(9-17)16(2)14(20)15-8-7-11-3-5-12(6-4-11)13(18)19/h3-6,10,17H,7-9H2,1-2H3,(H,15,20)(H,18,19). The van der Waals surface area contributed by atoms with Crippen molar-refractivity contribution in [1.29, 1.82) is 0 Å². The van der Waals surface area contributed by atoms with Crippen molar-refractivity contribution in [1.82, 2.24) is 10.2 Å². The number of aliphatic hydroxyl groups excluding tert-OH is 1. The first-order valence-corrected chi connectivity index (χ1v) is 6.39. The molecule has 0 heterocycles. The van der Waals surface area contributed by atoms with Crippen LogP contribution in [-0.2, 0) is 6.42 Å². The maximum Gasteiger partial charge on any atom is 0.335 e. The summed E-state index contributed by atoms with van der Waals surface area (Å²) < 4.78 is 0. The van der Waals surface area contributed by atoms with Crippen LogP contribution in [0.5, 0.6) is 0 Å². The lowest BCUT2D eigenvalue weighted by Crippen LogP contribution is -2.44. The Balaban J connectivity index is 2.40. The van der Waals surface area contributed by atoms with Gasteiger partial charge in [-0.2, -0.15) is 0 Å². The molecule has 0 spiro atoms. The van der Waals surface area contributed by atoms with Gasteiger partial charge < -0.3 is 20.4 Å². The van der Waals surface area contributed by atoms with Crippen LogP contribution >= 0.6 is 0 Å². The van der Waals surface area contributed by atoms with Crippen LogP contribution in [0.3, 0.4) is 0 Å². The number of carbonyl (C=O) groups is 2. The molecule has 6 nitrogen and oxygen atoms in total. The number of benzene rings is 1. The van der Waals surface area contributed by atoms with E-state index in [0.717, 1.165) is 5.56 Å². The zero-order valence-corrected chi connectivity index (χ0v) is 11.7. The van der Waals surface area contributed by atoms with Crippen molar-refractivity contribution in [3.05, 3.63) is 35.4 Å². The molecule has 0 aliphatic heterocycles. The highest BCUT2D eigenvalue weighted by Crippen LogP contribution is 2.05. The Morgan fingerprint density at radius 1 is 1.30 bits per heavy atom. The maximum absolute atomic E-state index is 11.7. The lowest BCUT2D eigenvalue weighted by molar-refractivity contribution is 0.0697. The lowest BCUT2D eigenvalue weighted by Gasteiger charge is -2.23. The number of nitrogens with one attached hydrogen (secondary N) is 1. The van der Waals surface area contributed by atoms with Crippen molar-refractivity contribution in [3.8, 4) is 0 Å². The van der Waals surface area contributed by atoms with E-state index in [-0.39, 0.29) is 24.2 Å². The number of hydrogen-bond acceptors (Lipinski definition) is 3. The summed E-state index contributed by atoms with van der Waals surface area (Å²) in [5.74, 6) is -0.954. The highest BCUT2D eigenvalue weighted by Gasteiger charge is 2.13. The normalized spacial score (nSPS) is 11.8. The third-order valence-electron chi connectivity index (χ3n) is 3.14. The fourth-order valence-electron chi connectivity index (χ4n) is 1.58. The van der Waals surface area contributed by atoms with Gasteiger partial charge in [0.1, 0.15) is 0 Å². The first-order valence-electron chi connectivity index (χ1n) is 6.39. The molecular weight excluding hydrogens is 260 g/mol. The van der Waals surface area contributed by atoms with Crippen molar-refractivity contribution in [2.24, 2.45) is 0 Å². The van der Waals surface area contributed by atoms with E-state index in [2.05, 4.69) is 5.32 Å². The van der Waals surface area contributed by atoms with Gasteiger partial charge in [-0.3, -0.25) is 0 Å². The zero-order chi connectivity index (χ0) is 15.1. The Hall–Kier alpha value is -2.08. The first-order chi connectivity index (χ1) is 9.45. The molecule has 20 heavy (non-hydrogen) atoms. The fraction of sp³-hybridized carbons (Fsp3) is 0.429. The molecule has 6 heteroatoms. The predicted octanol–water partition coefficient (Wildman–Crippen LogP) is 0.949. The van der Waals surface area contributed by atoms with Gasteiger partial charge in [-0.25, -0.2) is 9.59 Å². The summed E-state index contributed by atoms with van der Waals surface area (Å²) in [6.45, 7) is 2.12. The average molecular weight is 280 g/mol. The van der Waals surface area contributed by atoms with E-state index in [1.807, 2.05) is 0 Å². The van der Waals surface area contributed by atoms with E-state index in [9.17, 15) is 9.59 Å². The Morgan fingerprint density at radius 2 is 1.90 bits per heavy atom. The molecule has 0 bridgehead atoms. The van der Waals surface area contributed by atoms with Gasteiger partial charge >= 0.3 is 12.0 Å². The number of rotatable bonds is 6. The zero-order valence-electron chi connectivity index (χ0n) is 11.7. The van der Waals surface area contributed by atoms with Gasteiger partial charge in [0, 0.05) is 13.6 Å². The third-order valence-corrected chi connectivity index (χ3v) is 3.14. The summed E-state index contributed by atoms with van der Waals surface area (Å²) in [7, 11) is 1.62. The molecule has 0 saturated heterocycles. The Morgan fingerprint density at radius 3 is 2.40 bits per heavy atom. The van der Waals surface area contributed by atoms with Gasteiger partial charge in [-0.15, -0.1) is 0 Å². The summed E-state index contributed by atoms with van der Waals surface area (Å²) in [6, 6.07) is 6.07. The topological polar surface area (TPSA) is 89.9 Å². The number of carboxylic acids is 1. The fourth-order valence-corrected chi connectivity index (χ4v) is 1.58. The molecule has 1 aromatic carbocycles. The van der Waals surface area contributed by atoms with Crippen LogP contribution in [0.2, 0.25) is 0 Å². The molecule has 1 rings (SSSR count). The van der Waals surface area contributed by atoms with Gasteiger partial charge in [0.2, 0.25) is 0 Å². The van der Waals surface area contributed by atoms with Gasteiger partial charge in [0.05, 0.1) is 18.2 Å². The third kappa shape index (κ3) is 4.55. The van der Waals surface area contributed by atoms with Crippen LogP contribution in [0.4, 0.5) is 4.79 Å². The first kappa shape index (κ1) is 16.0. The van der Waals surface area contributed by atoms with E-state index in [1.165, 1.54) is 4.90 Å². The lowest BCUT2D eigenvalue weighted by atomic mass is 10.1. The van der Waals surface area contributed by atoms with Crippen LogP contribution in [-0.4, -0.2) is 53.4 Å². The highest BCUT2D eigenvalue weighted by molar-refractivity contribution is 5.87. The highest BCUT2D eigenvalue weighted by atomic mass is 16.4. The average Bonchev–Trinajstić information content (AvgIpc) is 2.45. The molecule has 0 fully saturated rings. The van der Waals surface area contributed by atoms with E-state index >= 15 is 0 Å². The number of carboxylic acid groups (broad SMARTS) is 1. The molecule has 1 aromatic rings. The summed E-state index contributed by atoms with van der Waals surface area (Å²) in [4.78, 5) is 23.8. The molecule has 1 atom stereocenters. The molecule has 3 N–H and O–H groups in total. The minimum Gasteiger partial charge on any atom is -0.478 e. The second kappa shape index (κ2) is 7.49. The van der Waals surface area contributed by atoms with E-state index in [1.54, 1.807) is 38.2 Å². The van der Waals surface area contributed by atoms with Crippen molar-refractivity contribution < 1.29 is 19.8 Å². The number of nitrogens with zero attached hydrogens (tertiary/aromatic N) is 1. The molecule has 0 aliphatic carbocycles. The number of hydrogen-bond donors (Lipinski definition) is 3. The maximum atomic E-state index is 11.7. The van der Waals surface area contributed by atoms with Gasteiger partial charge in [-0.1, -0.05) is 12.1 Å². The van der Waals surface area contributed by atoms with Crippen LogP contribution in [0, 0.1) is 0 Å². The number of carbonyl (C=O) groups excluding carboxylic acids is 1. The largest absolute Gasteiger partial charge is 0.478 e. The van der Waals surface area contributed by atoms with E-state index in [4.69, 9.17) is 10.2 Å². The number of urea groups is 1. The van der Waals surface area contributed by atoms with Gasteiger partial charge in [-0.05, 0) is 31.0 Å². The summed E-state index contributed by atoms with van der Waals surface area (Å²) in [5.41, 5.74) is 1.20. The minimum absolute atomic E-state index is 0.0828. The smallest absolute Gasteiger partial charge is 0.335 e. The van der Waals surface area contributed by atoms with Gasteiger partial charge in [0.15, 0.2) is 0 Å². The Labute approximate surface area is 118 Å². The van der Waals surface area contributed by atoms with Gasteiger partial charge in [0.25, 0.3) is 0 Å². The molecule has 0 saturated carbocycles. The SMILES string of the molecule is CC(CO)N(C)C(=O)NCCc1ccc(C(=O)O)cc1. The number of amides is 2. The molecule has 1 unspecified atom stereocenters. The van der Waals surface area contributed by atoms with Crippen molar-refractivity contribution >= 4 is 12.0 Å². The number of aliphatic hydroxyl groups is 1. The molecule has 0 aliphatic rings. The number of likely N-dealkylation sites (N-methyl/N-ethyl adjacent to an activating group) is 1. The predicted molar refractivity (Wildman–Crippen MR) is 74.8 cm³/mol. The van der Waals surface area contributed by atoms with E-state index < -0.39 is 5.97 Å². The van der Waals surface area contributed by atoms with Crippen LogP contribution < -0.4 is 5.32 Å². The van der Waals surface area contributed by atoms with Crippen LogP contribution in [0.1, 0.15) is 22.8 Å². The molecule has 0 radical (unpaired) electrons. The summed E-state index contributed by atoms with van der Waals surface area (Å²) in [6.07, 6.45) is 0.618. The quantitative estimate of drug-likeness (QED) is 0.723. The van der Waals surface area contributed by atoms with Crippen molar-refractivity contribution in [2.75, 3.05) is 20.2 Å². The molecule has 110 valence electrons. The summed E-state index contributed by atoms with van der Waals surface area (Å²) >= 11 is 0. The Kier molecular flexibility index (Phi) is 5.99.